The number of anilines is 1. The number of nitrogens with zero attached hydrogens (tertiary/aromatic N) is 4. The van der Waals surface area contributed by atoms with Crippen molar-refractivity contribution >= 4 is 33.5 Å². The van der Waals surface area contributed by atoms with Gasteiger partial charge in [-0.2, -0.15) is 10.1 Å². The lowest BCUT2D eigenvalue weighted by Crippen LogP contribution is -2.58. The van der Waals surface area contributed by atoms with Crippen molar-refractivity contribution < 1.29 is 14.7 Å². The Morgan fingerprint density at radius 1 is 1.14 bits per heavy atom. The maximum absolute atomic E-state index is 12.8. The van der Waals surface area contributed by atoms with Crippen LogP contribution in [0.1, 0.15) is 12.8 Å². The van der Waals surface area contributed by atoms with Crippen molar-refractivity contribution in [1.82, 2.24) is 14.8 Å². The first-order chi connectivity index (χ1) is 13.9. The minimum Gasteiger partial charge on any atom is -0.478 e. The van der Waals surface area contributed by atoms with E-state index >= 15 is 0 Å². The predicted octanol–water partition coefficient (Wildman–Crippen LogP) is 2.61. The van der Waals surface area contributed by atoms with Crippen molar-refractivity contribution in [2.45, 2.75) is 18.5 Å². The van der Waals surface area contributed by atoms with Crippen LogP contribution in [0.25, 0.3) is 22.6 Å². The number of benzene rings is 2. The number of carbonyl (C=O) groups excluding carboxylic acids is 1. The molecule has 3 aromatic rings. The largest absolute Gasteiger partial charge is 0.478 e. The van der Waals surface area contributed by atoms with Crippen LogP contribution < -0.4 is 10.5 Å². The first-order valence-electron chi connectivity index (χ1n) is 8.87. The minimum absolute atomic E-state index is 0.0233. The number of rotatable bonds is 2. The standard InChI is InChI=1S/C20H13BrN4O4/c21-12-6-7-14-13(10-12)17-22-18(27)16(11-4-2-1-3-5-11)23-25(17)20(19(28)29)9-8-15(26)24(14)20/h1-7,10H,8-9H2,(H,28,29). The molecule has 1 fully saturated rings. The summed E-state index contributed by atoms with van der Waals surface area (Å²) in [4.78, 5) is 43.5. The summed E-state index contributed by atoms with van der Waals surface area (Å²) in [5.41, 5.74) is -0.900. The van der Waals surface area contributed by atoms with Crippen LogP contribution in [0.4, 0.5) is 5.69 Å². The third-order valence-electron chi connectivity index (χ3n) is 5.30. The highest BCUT2D eigenvalue weighted by Crippen LogP contribution is 2.48. The first kappa shape index (κ1) is 17.7. The maximum atomic E-state index is 12.8. The molecule has 5 rings (SSSR count). The Kier molecular flexibility index (Phi) is 3.72. The Hall–Kier alpha value is -3.33. The fourth-order valence-corrected chi connectivity index (χ4v) is 4.38. The molecule has 0 aliphatic carbocycles. The van der Waals surface area contributed by atoms with Gasteiger partial charge in [0.1, 0.15) is 0 Å². The number of aromatic nitrogens is 3. The molecule has 29 heavy (non-hydrogen) atoms. The number of aliphatic carboxylic acids is 1. The number of hydrogen-bond acceptors (Lipinski definition) is 5. The molecule has 2 aliphatic rings. The maximum Gasteiger partial charge on any atom is 0.353 e. The highest BCUT2D eigenvalue weighted by molar-refractivity contribution is 9.10. The van der Waals surface area contributed by atoms with Gasteiger partial charge in [-0.25, -0.2) is 9.48 Å². The van der Waals surface area contributed by atoms with E-state index in [1.807, 2.05) is 0 Å². The zero-order valence-electron chi connectivity index (χ0n) is 14.9. The number of carbonyl (C=O) groups is 2. The summed E-state index contributed by atoms with van der Waals surface area (Å²) < 4.78 is 1.93. The molecule has 144 valence electrons. The zero-order chi connectivity index (χ0) is 20.3. The van der Waals surface area contributed by atoms with Gasteiger partial charge in [-0.15, -0.1) is 0 Å². The van der Waals surface area contributed by atoms with E-state index in [2.05, 4.69) is 26.0 Å². The second-order valence-corrected chi connectivity index (χ2v) is 7.80. The Balaban J connectivity index is 1.90. The lowest BCUT2D eigenvalue weighted by atomic mass is 10.00. The lowest BCUT2D eigenvalue weighted by molar-refractivity contribution is -0.148. The highest BCUT2D eigenvalue weighted by atomic mass is 79.9. The predicted molar refractivity (Wildman–Crippen MR) is 107 cm³/mol. The van der Waals surface area contributed by atoms with Crippen molar-refractivity contribution in [2.75, 3.05) is 4.90 Å². The van der Waals surface area contributed by atoms with Crippen molar-refractivity contribution in [3.8, 4) is 22.6 Å². The van der Waals surface area contributed by atoms with Gasteiger partial charge < -0.3 is 5.11 Å². The van der Waals surface area contributed by atoms with Gasteiger partial charge in [-0.1, -0.05) is 46.3 Å². The molecule has 1 aromatic heterocycles. The molecular formula is C20H13BrN4O4. The van der Waals surface area contributed by atoms with E-state index in [1.54, 1.807) is 48.5 Å². The Labute approximate surface area is 172 Å². The molecule has 1 saturated heterocycles. The van der Waals surface area contributed by atoms with Crippen molar-refractivity contribution in [3.05, 3.63) is 63.4 Å². The first-order valence-corrected chi connectivity index (χ1v) is 9.66. The van der Waals surface area contributed by atoms with Crippen LogP contribution >= 0.6 is 15.9 Å². The molecule has 3 heterocycles. The van der Waals surface area contributed by atoms with Gasteiger partial charge in [0.2, 0.25) is 11.6 Å². The number of halogens is 1. The van der Waals surface area contributed by atoms with Crippen molar-refractivity contribution in [2.24, 2.45) is 0 Å². The van der Waals surface area contributed by atoms with Gasteiger partial charge in [0.05, 0.1) is 5.69 Å². The van der Waals surface area contributed by atoms with Crippen LogP contribution in [0.5, 0.6) is 0 Å². The summed E-state index contributed by atoms with van der Waals surface area (Å²) in [5, 5.41) is 14.6. The van der Waals surface area contributed by atoms with E-state index in [9.17, 15) is 19.5 Å². The second kappa shape index (κ2) is 6.08. The Bertz CT molecular complexity index is 1260. The fourth-order valence-electron chi connectivity index (χ4n) is 4.02. The number of fused-ring (bicyclic) bond motifs is 6. The summed E-state index contributed by atoms with van der Waals surface area (Å²) in [6, 6.07) is 13.8. The van der Waals surface area contributed by atoms with Crippen LogP contribution in [0.3, 0.4) is 0 Å². The van der Waals surface area contributed by atoms with Crippen LogP contribution in [-0.2, 0) is 15.3 Å². The quantitative estimate of drug-likeness (QED) is 0.640. The molecule has 1 atom stereocenters. The van der Waals surface area contributed by atoms with E-state index in [-0.39, 0.29) is 30.3 Å². The molecule has 1 amide bonds. The third kappa shape index (κ3) is 2.34. The van der Waals surface area contributed by atoms with Crippen LogP contribution in [0, 0.1) is 0 Å². The average Bonchev–Trinajstić information content (AvgIpc) is 3.07. The Morgan fingerprint density at radius 3 is 2.62 bits per heavy atom. The summed E-state index contributed by atoms with van der Waals surface area (Å²) in [6.07, 6.45) is 0.0746. The van der Waals surface area contributed by atoms with Crippen molar-refractivity contribution in [3.63, 3.8) is 0 Å². The molecule has 2 aliphatic heterocycles. The average molecular weight is 453 g/mol. The number of carboxylic acid groups (broad SMARTS) is 1. The lowest BCUT2D eigenvalue weighted by Gasteiger charge is -2.41. The molecule has 0 radical (unpaired) electrons. The molecule has 0 saturated carbocycles. The molecule has 9 heteroatoms. The fraction of sp³-hybridized carbons (Fsp3) is 0.150. The number of carboxylic acids is 1. The Morgan fingerprint density at radius 2 is 1.90 bits per heavy atom. The second-order valence-electron chi connectivity index (χ2n) is 6.88. The molecule has 0 spiro atoms. The third-order valence-corrected chi connectivity index (χ3v) is 5.79. The van der Waals surface area contributed by atoms with E-state index < -0.39 is 17.2 Å². The van der Waals surface area contributed by atoms with E-state index in [0.29, 0.717) is 21.3 Å². The molecule has 2 aromatic carbocycles. The molecule has 1 N–H and O–H groups in total. The molecule has 8 nitrogen and oxygen atoms in total. The zero-order valence-corrected chi connectivity index (χ0v) is 16.5. The smallest absolute Gasteiger partial charge is 0.353 e. The molecule has 0 bridgehead atoms. The van der Waals surface area contributed by atoms with Gasteiger partial charge in [0.15, 0.2) is 11.5 Å². The highest BCUT2D eigenvalue weighted by Gasteiger charge is 2.58. The van der Waals surface area contributed by atoms with Gasteiger partial charge in [0.25, 0.3) is 5.56 Å². The van der Waals surface area contributed by atoms with Crippen LogP contribution in [-0.4, -0.2) is 31.7 Å². The summed E-state index contributed by atoms with van der Waals surface area (Å²) >= 11 is 3.39. The van der Waals surface area contributed by atoms with Crippen LogP contribution in [0.15, 0.2) is 57.8 Å². The van der Waals surface area contributed by atoms with Gasteiger partial charge in [0, 0.05) is 28.4 Å². The summed E-state index contributed by atoms with van der Waals surface area (Å²) in [7, 11) is 0. The summed E-state index contributed by atoms with van der Waals surface area (Å²) in [5.74, 6) is -1.42. The van der Waals surface area contributed by atoms with Gasteiger partial charge >= 0.3 is 5.97 Å². The normalized spacial score (nSPS) is 19.5. The number of hydrogen-bond donors (Lipinski definition) is 1. The van der Waals surface area contributed by atoms with Gasteiger partial charge in [-0.05, 0) is 18.2 Å². The number of amides is 1. The SMILES string of the molecule is O=C1CCC2(C(=O)O)N1c1ccc(Br)cc1-c1nc(=O)c(-c3ccccc3)nn12. The van der Waals surface area contributed by atoms with E-state index in [0.717, 1.165) is 0 Å². The summed E-state index contributed by atoms with van der Waals surface area (Å²) in [6.45, 7) is 0. The molecule has 1 unspecified atom stereocenters. The van der Waals surface area contributed by atoms with E-state index in [1.165, 1.54) is 9.58 Å². The topological polar surface area (TPSA) is 105 Å². The van der Waals surface area contributed by atoms with Gasteiger partial charge in [-0.3, -0.25) is 14.5 Å². The van der Waals surface area contributed by atoms with Crippen LogP contribution in [0.2, 0.25) is 0 Å². The molecular weight excluding hydrogens is 440 g/mol. The van der Waals surface area contributed by atoms with Crippen molar-refractivity contribution in [1.29, 1.82) is 0 Å². The monoisotopic (exact) mass is 452 g/mol. The minimum atomic E-state index is -1.77. The van der Waals surface area contributed by atoms with E-state index in [4.69, 9.17) is 0 Å².